The van der Waals surface area contributed by atoms with E-state index in [1.807, 2.05) is 0 Å². The third-order valence-corrected chi connectivity index (χ3v) is 12.7. The Morgan fingerprint density at radius 3 is 0.952 bits per heavy atom. The molecule has 6 N–H and O–H groups in total. The summed E-state index contributed by atoms with van der Waals surface area (Å²) in [6, 6.07) is 19.3. The van der Waals surface area contributed by atoms with Crippen LogP contribution in [0.15, 0.2) is 93.4 Å². The number of hydrogen-bond acceptors (Lipinski definition) is 20. The summed E-state index contributed by atoms with van der Waals surface area (Å²) >= 11 is 4.74. The first-order valence-corrected chi connectivity index (χ1v) is 22.9. The van der Waals surface area contributed by atoms with Crippen molar-refractivity contribution < 1.29 is 39.6 Å². The maximum absolute atomic E-state index is 14.7. The maximum Gasteiger partial charge on any atom is 0.232 e. The van der Waals surface area contributed by atoms with Gasteiger partial charge in [-0.2, -0.15) is 29.9 Å². The Hall–Kier alpha value is -5.58. The van der Waals surface area contributed by atoms with E-state index < -0.39 is 23.1 Å². The molecule has 0 bridgehead atoms. The summed E-state index contributed by atoms with van der Waals surface area (Å²) in [6.45, 7) is -0.507. The molecule has 0 saturated carbocycles. The zero-order chi connectivity index (χ0) is 43.3. The molecule has 62 heavy (non-hydrogen) atoms. The number of aliphatic hydroxyl groups is 4. The molecule has 0 atom stereocenters. The second-order valence-electron chi connectivity index (χ2n) is 13.2. The van der Waals surface area contributed by atoms with Gasteiger partial charge in [0, 0.05) is 56.4 Å². The van der Waals surface area contributed by atoms with Gasteiger partial charge < -0.3 is 31.1 Å². The quantitative estimate of drug-likeness (QED) is 0.0650. The van der Waals surface area contributed by atoms with Crippen LogP contribution < -0.4 is 10.6 Å². The number of thioether (sulfide) groups is 4. The van der Waals surface area contributed by atoms with Crippen LogP contribution in [-0.4, -0.2) is 123 Å². The predicted octanol–water partition coefficient (Wildman–Crippen LogP) is 5.10. The van der Waals surface area contributed by atoms with E-state index in [4.69, 9.17) is 0 Å². The molecule has 4 aromatic carbocycles. The maximum atomic E-state index is 14.7. The summed E-state index contributed by atoms with van der Waals surface area (Å²) in [5.41, 5.74) is 1.48. The minimum Gasteiger partial charge on any atom is -0.396 e. The SMILES string of the molecule is O=C1c2ccccc2C(=O)c2c(-c3ccc(Nc4nc(SCCO)nc(SCCO)n4)c4c3C(=O)c3ccccc3C4=O)ccc(Nc3nc(SCCO)nc(SCCO)n3)c21. The first-order chi connectivity index (χ1) is 30.2. The minimum absolute atomic E-state index is 0.00215. The zero-order valence-corrected chi connectivity index (χ0v) is 35.6. The number of anilines is 4. The number of benzene rings is 4. The van der Waals surface area contributed by atoms with Crippen molar-refractivity contribution >= 4 is 93.5 Å². The van der Waals surface area contributed by atoms with Crippen LogP contribution in [-0.2, 0) is 0 Å². The molecule has 2 heterocycles. The summed E-state index contributed by atoms with van der Waals surface area (Å²) in [5, 5.41) is 45.2. The Morgan fingerprint density at radius 2 is 0.661 bits per heavy atom. The number of carbonyl (C=O) groups excluding carboxylic acids is 4. The number of hydrogen-bond donors (Lipinski definition) is 6. The van der Waals surface area contributed by atoms with Gasteiger partial charge in [-0.1, -0.05) is 108 Å². The van der Waals surface area contributed by atoms with Gasteiger partial charge in [0.15, 0.2) is 43.8 Å². The highest BCUT2D eigenvalue weighted by Gasteiger charge is 2.38. The Bertz CT molecular complexity index is 2540. The van der Waals surface area contributed by atoms with Crippen LogP contribution in [0.1, 0.15) is 63.7 Å². The topological polar surface area (TPSA) is 251 Å². The number of aromatic nitrogens is 6. The van der Waals surface area contributed by atoms with E-state index in [9.17, 15) is 39.6 Å². The van der Waals surface area contributed by atoms with Crippen molar-refractivity contribution in [3.63, 3.8) is 0 Å². The van der Waals surface area contributed by atoms with Crippen molar-refractivity contribution in [3.05, 3.63) is 117 Å². The van der Waals surface area contributed by atoms with Crippen molar-refractivity contribution in [3.8, 4) is 11.1 Å². The number of carbonyl (C=O) groups is 4. The molecule has 6 aromatic rings. The number of ketones is 4. The minimum atomic E-state index is -0.486. The van der Waals surface area contributed by atoms with Gasteiger partial charge >= 0.3 is 0 Å². The number of nitrogens with zero attached hydrogens (tertiary/aromatic N) is 6. The molecular formula is C42H34N8O8S4. The fourth-order valence-corrected chi connectivity index (χ4v) is 9.36. The molecule has 8 rings (SSSR count). The lowest BCUT2D eigenvalue weighted by Gasteiger charge is -2.26. The van der Waals surface area contributed by atoms with Crippen LogP contribution in [0.3, 0.4) is 0 Å². The smallest absolute Gasteiger partial charge is 0.232 e. The molecule has 0 saturated heterocycles. The van der Waals surface area contributed by atoms with Gasteiger partial charge in [0.1, 0.15) is 0 Å². The van der Waals surface area contributed by atoms with Crippen molar-refractivity contribution in [1.29, 1.82) is 0 Å². The molecule has 0 amide bonds. The Labute approximate surface area is 370 Å². The van der Waals surface area contributed by atoms with E-state index in [1.54, 1.807) is 72.8 Å². The first-order valence-electron chi connectivity index (χ1n) is 19.0. The standard InChI is InChI=1S/C42H34N8O8S4/c51-13-17-59-39-45-37(46-40(49-39)60-18-14-52)43-27-11-9-21(29-31(27)35(57)25-7-3-1-5-23(25)33(29)55)22-10-12-28(32-30(22)34(56)24-6-2-4-8-26(24)36(32)58)44-38-47-41(61-19-15-53)50-42(48-38)62-20-16-54/h1-12,51-54H,13-20H2,(H,43,45,46,49)(H,44,47,48,50). The van der Waals surface area contributed by atoms with E-state index in [0.29, 0.717) is 23.0 Å². The lowest BCUT2D eigenvalue weighted by molar-refractivity contribution is 0.0978. The van der Waals surface area contributed by atoms with Crippen molar-refractivity contribution in [2.45, 2.75) is 20.6 Å². The molecule has 2 aromatic heterocycles. The van der Waals surface area contributed by atoms with Gasteiger partial charge in [-0.05, 0) is 23.3 Å². The van der Waals surface area contributed by atoms with Crippen LogP contribution in [0.2, 0.25) is 0 Å². The zero-order valence-electron chi connectivity index (χ0n) is 32.3. The molecule has 2 aliphatic carbocycles. The average Bonchev–Trinajstić information content (AvgIpc) is 3.29. The summed E-state index contributed by atoms with van der Waals surface area (Å²) in [5.74, 6) is -0.611. The van der Waals surface area contributed by atoms with E-state index in [2.05, 4.69) is 40.5 Å². The lowest BCUT2D eigenvalue weighted by atomic mass is 9.75. The van der Waals surface area contributed by atoms with Crippen LogP contribution in [0.4, 0.5) is 23.3 Å². The Balaban J connectivity index is 1.31. The largest absolute Gasteiger partial charge is 0.396 e. The molecule has 0 fully saturated rings. The van der Waals surface area contributed by atoms with E-state index in [1.165, 1.54) is 47.0 Å². The molecule has 0 aliphatic heterocycles. The fraction of sp³-hybridized carbons (Fsp3) is 0.190. The van der Waals surface area contributed by atoms with Gasteiger partial charge in [0.2, 0.25) is 11.9 Å². The third kappa shape index (κ3) is 8.59. The van der Waals surface area contributed by atoms with Crippen LogP contribution in [0.5, 0.6) is 0 Å². The van der Waals surface area contributed by atoms with Crippen molar-refractivity contribution in [1.82, 2.24) is 29.9 Å². The Kier molecular flexibility index (Phi) is 13.4. The second-order valence-corrected chi connectivity index (χ2v) is 17.5. The first kappa shape index (κ1) is 43.1. The van der Waals surface area contributed by atoms with E-state index in [0.717, 1.165) is 0 Å². The van der Waals surface area contributed by atoms with E-state index >= 15 is 0 Å². The fourth-order valence-electron chi connectivity index (χ4n) is 6.94. The van der Waals surface area contributed by atoms with Gasteiger partial charge in [0.05, 0.1) is 48.9 Å². The molecular weight excluding hydrogens is 873 g/mol. The van der Waals surface area contributed by atoms with Crippen LogP contribution in [0.25, 0.3) is 11.1 Å². The van der Waals surface area contributed by atoms with E-state index in [-0.39, 0.29) is 126 Å². The normalized spacial score (nSPS) is 12.8. The van der Waals surface area contributed by atoms with Gasteiger partial charge in [-0.25, -0.2) is 0 Å². The number of aliphatic hydroxyl groups excluding tert-OH is 4. The third-order valence-electron chi connectivity index (χ3n) is 9.41. The number of fused-ring (bicyclic) bond motifs is 4. The molecule has 314 valence electrons. The summed E-state index contributed by atoms with van der Waals surface area (Å²) in [6.07, 6.45) is 0. The summed E-state index contributed by atoms with van der Waals surface area (Å²) < 4.78 is 0. The van der Waals surface area contributed by atoms with Crippen LogP contribution >= 0.6 is 47.0 Å². The highest BCUT2D eigenvalue weighted by molar-refractivity contribution is 8.00. The summed E-state index contributed by atoms with van der Waals surface area (Å²) in [4.78, 5) is 85.4. The van der Waals surface area contributed by atoms with Gasteiger partial charge in [0.25, 0.3) is 0 Å². The monoisotopic (exact) mass is 906 g/mol. The highest BCUT2D eigenvalue weighted by Crippen LogP contribution is 2.44. The lowest BCUT2D eigenvalue weighted by Crippen LogP contribution is -2.25. The molecule has 20 heteroatoms. The molecule has 2 aliphatic rings. The Morgan fingerprint density at radius 1 is 0.371 bits per heavy atom. The predicted molar refractivity (Wildman–Crippen MR) is 236 cm³/mol. The summed E-state index contributed by atoms with van der Waals surface area (Å²) in [7, 11) is 0. The van der Waals surface area contributed by atoms with Crippen molar-refractivity contribution in [2.75, 3.05) is 60.1 Å². The molecule has 16 nitrogen and oxygen atoms in total. The second kappa shape index (κ2) is 19.2. The highest BCUT2D eigenvalue weighted by atomic mass is 32.2. The van der Waals surface area contributed by atoms with Crippen molar-refractivity contribution in [2.24, 2.45) is 0 Å². The average molecular weight is 907 g/mol. The van der Waals surface area contributed by atoms with Crippen LogP contribution in [0, 0.1) is 0 Å². The van der Waals surface area contributed by atoms with Gasteiger partial charge in [-0.15, -0.1) is 0 Å². The number of nitrogens with one attached hydrogen (secondary N) is 2. The molecule has 0 radical (unpaired) electrons. The molecule has 0 unspecified atom stereocenters. The molecule has 0 spiro atoms. The number of rotatable bonds is 17. The van der Waals surface area contributed by atoms with Gasteiger partial charge in [-0.3, -0.25) is 19.2 Å².